The highest BCUT2D eigenvalue weighted by molar-refractivity contribution is 5.23. The lowest BCUT2D eigenvalue weighted by molar-refractivity contribution is 0.528. The van der Waals surface area contributed by atoms with E-state index in [9.17, 15) is 0 Å². The van der Waals surface area contributed by atoms with Crippen molar-refractivity contribution in [2.75, 3.05) is 6.54 Å². The van der Waals surface area contributed by atoms with Crippen molar-refractivity contribution in [2.24, 2.45) is 0 Å². The Labute approximate surface area is 72.2 Å². The topological polar surface area (TPSA) is 37.8 Å². The summed E-state index contributed by atoms with van der Waals surface area (Å²) in [4.78, 5) is 8.60. The van der Waals surface area contributed by atoms with E-state index in [1.807, 2.05) is 13.1 Å². The minimum atomic E-state index is 0.411. The number of aryl methyl sites for hydroxylation is 1. The molecule has 0 aliphatic carbocycles. The second-order valence-electron chi connectivity index (χ2n) is 3.25. The molecule has 1 aliphatic rings. The monoisotopic (exact) mass is 163 g/mol. The second-order valence-corrected chi connectivity index (χ2v) is 3.25. The molecular weight excluding hydrogens is 150 g/mol. The van der Waals surface area contributed by atoms with E-state index in [0.717, 1.165) is 18.8 Å². The molecule has 2 heterocycles. The van der Waals surface area contributed by atoms with Crippen LogP contribution in [0.3, 0.4) is 0 Å². The quantitative estimate of drug-likeness (QED) is 0.620. The van der Waals surface area contributed by atoms with Gasteiger partial charge in [-0.3, -0.25) is 0 Å². The Morgan fingerprint density at radius 3 is 3.25 bits per heavy atom. The molecule has 0 spiro atoms. The predicted octanol–water partition coefficient (Wildman–Crippen LogP) is 0.992. The summed E-state index contributed by atoms with van der Waals surface area (Å²) in [5.74, 6) is 0.878. The van der Waals surface area contributed by atoms with Crippen LogP contribution in [0.15, 0.2) is 6.20 Å². The number of aromatic nitrogens is 2. The van der Waals surface area contributed by atoms with Gasteiger partial charge in [0.25, 0.3) is 0 Å². The molecule has 0 saturated carbocycles. The standard InChI is InChI=1S/C9H13N3/c1-6-8-5-11-7(2)12-9(8)3-4-10-6/h5-6,10H,3-4H2,1-2H3. The predicted molar refractivity (Wildman–Crippen MR) is 46.9 cm³/mol. The van der Waals surface area contributed by atoms with Crippen molar-refractivity contribution in [2.45, 2.75) is 26.3 Å². The van der Waals surface area contributed by atoms with Gasteiger partial charge in [0, 0.05) is 30.8 Å². The fourth-order valence-electron chi connectivity index (χ4n) is 1.61. The Balaban J connectivity index is 2.46. The van der Waals surface area contributed by atoms with E-state index < -0.39 is 0 Å². The van der Waals surface area contributed by atoms with Crippen LogP contribution in [-0.4, -0.2) is 16.5 Å². The van der Waals surface area contributed by atoms with Crippen molar-refractivity contribution in [3.63, 3.8) is 0 Å². The highest BCUT2D eigenvalue weighted by Crippen LogP contribution is 2.19. The molecule has 0 radical (unpaired) electrons. The maximum absolute atomic E-state index is 4.41. The number of hydrogen-bond acceptors (Lipinski definition) is 3. The van der Waals surface area contributed by atoms with Gasteiger partial charge in [-0.05, 0) is 13.8 Å². The van der Waals surface area contributed by atoms with Crippen molar-refractivity contribution >= 4 is 0 Å². The van der Waals surface area contributed by atoms with Gasteiger partial charge < -0.3 is 5.32 Å². The summed E-state index contributed by atoms with van der Waals surface area (Å²) in [5, 5.41) is 3.38. The summed E-state index contributed by atoms with van der Waals surface area (Å²) in [6.07, 6.45) is 2.97. The Hall–Kier alpha value is -0.960. The fourth-order valence-corrected chi connectivity index (χ4v) is 1.61. The summed E-state index contributed by atoms with van der Waals surface area (Å²) in [5.41, 5.74) is 2.47. The summed E-state index contributed by atoms with van der Waals surface area (Å²) >= 11 is 0. The van der Waals surface area contributed by atoms with Crippen molar-refractivity contribution in [1.82, 2.24) is 15.3 Å². The molecule has 1 unspecified atom stereocenters. The van der Waals surface area contributed by atoms with E-state index in [-0.39, 0.29) is 0 Å². The molecule has 0 fully saturated rings. The molecule has 0 amide bonds. The molecular formula is C9H13N3. The minimum Gasteiger partial charge on any atom is -0.310 e. The molecule has 1 aromatic heterocycles. The lowest BCUT2D eigenvalue weighted by Gasteiger charge is -2.22. The van der Waals surface area contributed by atoms with Gasteiger partial charge in [-0.15, -0.1) is 0 Å². The first-order valence-electron chi connectivity index (χ1n) is 4.33. The van der Waals surface area contributed by atoms with Crippen LogP contribution < -0.4 is 5.32 Å². The van der Waals surface area contributed by atoms with Crippen molar-refractivity contribution in [3.05, 3.63) is 23.3 Å². The fraction of sp³-hybridized carbons (Fsp3) is 0.556. The van der Waals surface area contributed by atoms with Gasteiger partial charge in [0.05, 0.1) is 5.69 Å². The molecule has 3 nitrogen and oxygen atoms in total. The summed E-state index contributed by atoms with van der Waals surface area (Å²) in [6, 6.07) is 0.411. The summed E-state index contributed by atoms with van der Waals surface area (Å²) in [7, 11) is 0. The highest BCUT2D eigenvalue weighted by Gasteiger charge is 2.16. The van der Waals surface area contributed by atoms with E-state index in [2.05, 4.69) is 22.2 Å². The number of hydrogen-bond donors (Lipinski definition) is 1. The smallest absolute Gasteiger partial charge is 0.125 e. The van der Waals surface area contributed by atoms with Gasteiger partial charge in [0.15, 0.2) is 0 Å². The largest absolute Gasteiger partial charge is 0.310 e. The van der Waals surface area contributed by atoms with Gasteiger partial charge in [-0.25, -0.2) is 9.97 Å². The van der Waals surface area contributed by atoms with Gasteiger partial charge >= 0.3 is 0 Å². The average Bonchev–Trinajstić information content (AvgIpc) is 2.04. The zero-order chi connectivity index (χ0) is 8.55. The molecule has 2 rings (SSSR count). The van der Waals surface area contributed by atoms with Crippen molar-refractivity contribution in [3.8, 4) is 0 Å². The molecule has 1 aliphatic heterocycles. The Morgan fingerprint density at radius 1 is 1.58 bits per heavy atom. The molecule has 1 N–H and O–H groups in total. The van der Waals surface area contributed by atoms with Gasteiger partial charge in [0.2, 0.25) is 0 Å². The molecule has 3 heteroatoms. The molecule has 64 valence electrons. The Morgan fingerprint density at radius 2 is 2.42 bits per heavy atom. The van der Waals surface area contributed by atoms with Crippen LogP contribution >= 0.6 is 0 Å². The maximum atomic E-state index is 4.41. The maximum Gasteiger partial charge on any atom is 0.125 e. The third-order valence-corrected chi connectivity index (χ3v) is 2.30. The third-order valence-electron chi connectivity index (χ3n) is 2.30. The van der Waals surface area contributed by atoms with Crippen LogP contribution in [0.4, 0.5) is 0 Å². The Bertz CT molecular complexity index is 296. The molecule has 0 bridgehead atoms. The van der Waals surface area contributed by atoms with Crippen LogP contribution in [-0.2, 0) is 6.42 Å². The first-order chi connectivity index (χ1) is 5.77. The lowest BCUT2D eigenvalue weighted by Crippen LogP contribution is -2.28. The number of nitrogens with one attached hydrogen (secondary N) is 1. The zero-order valence-corrected chi connectivity index (χ0v) is 7.46. The van der Waals surface area contributed by atoms with Crippen molar-refractivity contribution < 1.29 is 0 Å². The number of rotatable bonds is 0. The molecule has 1 aromatic rings. The molecule has 12 heavy (non-hydrogen) atoms. The van der Waals surface area contributed by atoms with Crippen molar-refractivity contribution in [1.29, 1.82) is 0 Å². The van der Waals surface area contributed by atoms with Crippen LogP contribution in [0.1, 0.15) is 30.0 Å². The number of fused-ring (bicyclic) bond motifs is 1. The lowest BCUT2D eigenvalue weighted by atomic mass is 10.0. The molecule has 1 atom stereocenters. The van der Waals surface area contributed by atoms with Crippen LogP contribution in [0.2, 0.25) is 0 Å². The summed E-state index contributed by atoms with van der Waals surface area (Å²) < 4.78 is 0. The average molecular weight is 163 g/mol. The third kappa shape index (κ3) is 1.20. The van der Waals surface area contributed by atoms with Crippen LogP contribution in [0.25, 0.3) is 0 Å². The first-order valence-corrected chi connectivity index (χ1v) is 4.33. The summed E-state index contributed by atoms with van der Waals surface area (Å²) in [6.45, 7) is 5.12. The van der Waals surface area contributed by atoms with Crippen LogP contribution in [0.5, 0.6) is 0 Å². The van der Waals surface area contributed by atoms with Crippen LogP contribution in [0, 0.1) is 6.92 Å². The normalized spacial score (nSPS) is 22.0. The minimum absolute atomic E-state index is 0.411. The SMILES string of the molecule is Cc1ncc2c(n1)CCNC2C. The van der Waals surface area contributed by atoms with E-state index in [0.29, 0.717) is 6.04 Å². The zero-order valence-electron chi connectivity index (χ0n) is 7.46. The first kappa shape index (κ1) is 7.68. The van der Waals surface area contributed by atoms with E-state index in [1.165, 1.54) is 11.3 Å². The molecule has 0 saturated heterocycles. The number of nitrogens with zero attached hydrogens (tertiary/aromatic N) is 2. The van der Waals surface area contributed by atoms with E-state index in [4.69, 9.17) is 0 Å². The van der Waals surface area contributed by atoms with E-state index in [1.54, 1.807) is 0 Å². The van der Waals surface area contributed by atoms with Gasteiger partial charge in [-0.1, -0.05) is 0 Å². The second kappa shape index (κ2) is 2.83. The Kier molecular flexibility index (Phi) is 1.81. The molecule has 0 aromatic carbocycles. The highest BCUT2D eigenvalue weighted by atomic mass is 15.0. The van der Waals surface area contributed by atoms with Gasteiger partial charge in [-0.2, -0.15) is 0 Å². The van der Waals surface area contributed by atoms with Gasteiger partial charge in [0.1, 0.15) is 5.82 Å². The van der Waals surface area contributed by atoms with E-state index >= 15 is 0 Å².